The summed E-state index contributed by atoms with van der Waals surface area (Å²) in [6, 6.07) is 0.0514. The van der Waals surface area contributed by atoms with Gasteiger partial charge in [-0.1, -0.05) is 0 Å². The maximum absolute atomic E-state index is 12.6. The second-order valence-electron chi connectivity index (χ2n) is 5.35. The molecule has 2 rings (SSSR count). The highest BCUT2D eigenvalue weighted by atomic mass is 16.5. The first-order chi connectivity index (χ1) is 8.09. The van der Waals surface area contributed by atoms with Gasteiger partial charge < -0.3 is 20.5 Å². The summed E-state index contributed by atoms with van der Waals surface area (Å²) in [5.74, 6) is 0.0428. The van der Waals surface area contributed by atoms with E-state index in [0.29, 0.717) is 25.8 Å². The third-order valence-electron chi connectivity index (χ3n) is 4.12. The SMILES string of the molecule is CC1(C(=O)N(CCO)C2CCC2)COCC1N. The number of amides is 1. The van der Waals surface area contributed by atoms with E-state index in [1.54, 1.807) is 4.90 Å². The van der Waals surface area contributed by atoms with Gasteiger partial charge in [-0.05, 0) is 26.2 Å². The van der Waals surface area contributed by atoms with Crippen LogP contribution in [0.3, 0.4) is 0 Å². The standard InChI is InChI=1S/C12H22N2O3/c1-12(8-17-7-10(12)13)11(16)14(5-6-15)9-3-2-4-9/h9-10,15H,2-8,13H2,1H3. The van der Waals surface area contributed by atoms with Crippen molar-refractivity contribution >= 4 is 5.91 Å². The molecule has 0 aromatic rings. The summed E-state index contributed by atoms with van der Waals surface area (Å²) in [4.78, 5) is 14.4. The van der Waals surface area contributed by atoms with Gasteiger partial charge in [-0.3, -0.25) is 4.79 Å². The average Bonchev–Trinajstić information content (AvgIpc) is 2.56. The zero-order chi connectivity index (χ0) is 12.5. The van der Waals surface area contributed by atoms with Crippen molar-refractivity contribution in [3.63, 3.8) is 0 Å². The maximum Gasteiger partial charge on any atom is 0.232 e. The Labute approximate surface area is 102 Å². The van der Waals surface area contributed by atoms with Gasteiger partial charge in [0.2, 0.25) is 5.91 Å². The van der Waals surface area contributed by atoms with E-state index in [9.17, 15) is 4.79 Å². The monoisotopic (exact) mass is 242 g/mol. The Hall–Kier alpha value is -0.650. The summed E-state index contributed by atoms with van der Waals surface area (Å²) >= 11 is 0. The molecule has 0 bridgehead atoms. The molecule has 2 atom stereocenters. The van der Waals surface area contributed by atoms with Gasteiger partial charge in [0.1, 0.15) is 0 Å². The molecule has 17 heavy (non-hydrogen) atoms. The molecule has 0 aromatic carbocycles. The predicted molar refractivity (Wildman–Crippen MR) is 63.3 cm³/mol. The number of rotatable bonds is 4. The zero-order valence-electron chi connectivity index (χ0n) is 10.4. The van der Waals surface area contributed by atoms with Crippen LogP contribution in [-0.4, -0.2) is 54.4 Å². The van der Waals surface area contributed by atoms with Crippen LogP contribution in [0.2, 0.25) is 0 Å². The fourth-order valence-corrected chi connectivity index (χ4v) is 2.49. The second kappa shape index (κ2) is 4.92. The van der Waals surface area contributed by atoms with Gasteiger partial charge in [-0.2, -0.15) is 0 Å². The Morgan fingerprint density at radius 3 is 2.71 bits per heavy atom. The van der Waals surface area contributed by atoms with E-state index in [1.807, 2.05) is 6.92 Å². The van der Waals surface area contributed by atoms with Crippen LogP contribution in [0, 0.1) is 5.41 Å². The topological polar surface area (TPSA) is 75.8 Å². The van der Waals surface area contributed by atoms with Crippen LogP contribution in [-0.2, 0) is 9.53 Å². The number of aliphatic hydroxyl groups is 1. The van der Waals surface area contributed by atoms with E-state index in [-0.39, 0.29) is 18.6 Å². The molecule has 0 radical (unpaired) electrons. The second-order valence-corrected chi connectivity index (χ2v) is 5.35. The van der Waals surface area contributed by atoms with E-state index in [4.69, 9.17) is 15.6 Å². The first kappa shape index (κ1) is 12.8. The Balaban J connectivity index is 2.09. The fourth-order valence-electron chi connectivity index (χ4n) is 2.49. The molecule has 2 fully saturated rings. The summed E-state index contributed by atoms with van der Waals surface area (Å²) in [7, 11) is 0. The average molecular weight is 242 g/mol. The first-order valence-electron chi connectivity index (χ1n) is 6.35. The number of ether oxygens (including phenoxy) is 1. The minimum absolute atomic E-state index is 0.00835. The summed E-state index contributed by atoms with van der Waals surface area (Å²) < 4.78 is 5.32. The molecule has 3 N–H and O–H groups in total. The Morgan fingerprint density at radius 1 is 1.59 bits per heavy atom. The van der Waals surface area contributed by atoms with Gasteiger partial charge in [0.25, 0.3) is 0 Å². The third-order valence-corrected chi connectivity index (χ3v) is 4.12. The van der Waals surface area contributed by atoms with Crippen molar-refractivity contribution in [1.29, 1.82) is 0 Å². The summed E-state index contributed by atoms with van der Waals surface area (Å²) in [6.07, 6.45) is 3.25. The van der Waals surface area contributed by atoms with Crippen molar-refractivity contribution < 1.29 is 14.6 Å². The van der Waals surface area contributed by atoms with Gasteiger partial charge >= 0.3 is 0 Å². The largest absolute Gasteiger partial charge is 0.395 e. The molecule has 1 saturated carbocycles. The van der Waals surface area contributed by atoms with Crippen LogP contribution in [0.1, 0.15) is 26.2 Å². The van der Waals surface area contributed by atoms with E-state index in [1.165, 1.54) is 6.42 Å². The molecule has 1 aliphatic carbocycles. The number of nitrogens with two attached hydrogens (primary N) is 1. The van der Waals surface area contributed by atoms with E-state index >= 15 is 0 Å². The molecular formula is C12H22N2O3. The van der Waals surface area contributed by atoms with Crippen molar-refractivity contribution in [2.75, 3.05) is 26.4 Å². The first-order valence-corrected chi connectivity index (χ1v) is 6.35. The Bertz CT molecular complexity index is 293. The van der Waals surface area contributed by atoms with Crippen molar-refractivity contribution in [3.8, 4) is 0 Å². The Morgan fingerprint density at radius 2 is 2.29 bits per heavy atom. The lowest BCUT2D eigenvalue weighted by atomic mass is 9.82. The van der Waals surface area contributed by atoms with E-state index < -0.39 is 5.41 Å². The highest BCUT2D eigenvalue weighted by Crippen LogP contribution is 2.33. The summed E-state index contributed by atoms with van der Waals surface area (Å²) in [6.45, 7) is 3.12. The van der Waals surface area contributed by atoms with Crippen LogP contribution >= 0.6 is 0 Å². The molecule has 98 valence electrons. The molecular weight excluding hydrogens is 220 g/mol. The van der Waals surface area contributed by atoms with Crippen LogP contribution < -0.4 is 5.73 Å². The number of hydrogen-bond acceptors (Lipinski definition) is 4. The molecule has 0 aromatic heterocycles. The summed E-state index contributed by atoms with van der Waals surface area (Å²) in [5, 5.41) is 9.09. The van der Waals surface area contributed by atoms with Gasteiger partial charge in [-0.15, -0.1) is 0 Å². The number of carbonyl (C=O) groups is 1. The van der Waals surface area contributed by atoms with E-state index in [2.05, 4.69) is 0 Å². The molecule has 5 nitrogen and oxygen atoms in total. The number of hydrogen-bond donors (Lipinski definition) is 2. The van der Waals surface area contributed by atoms with E-state index in [0.717, 1.165) is 12.8 Å². The lowest BCUT2D eigenvalue weighted by Crippen LogP contribution is -2.56. The van der Waals surface area contributed by atoms with Crippen LogP contribution in [0.25, 0.3) is 0 Å². The van der Waals surface area contributed by atoms with Gasteiger partial charge in [-0.25, -0.2) is 0 Å². The smallest absolute Gasteiger partial charge is 0.232 e. The van der Waals surface area contributed by atoms with Gasteiger partial charge in [0.15, 0.2) is 0 Å². The van der Waals surface area contributed by atoms with Crippen LogP contribution in [0.4, 0.5) is 0 Å². The highest BCUT2D eigenvalue weighted by Gasteiger charge is 2.47. The van der Waals surface area contributed by atoms with Gasteiger partial charge in [0, 0.05) is 18.6 Å². The van der Waals surface area contributed by atoms with Gasteiger partial charge in [0.05, 0.1) is 25.2 Å². The summed E-state index contributed by atoms with van der Waals surface area (Å²) in [5.41, 5.74) is 5.35. The highest BCUT2D eigenvalue weighted by molar-refractivity contribution is 5.84. The molecule has 1 amide bonds. The molecule has 1 saturated heterocycles. The zero-order valence-corrected chi connectivity index (χ0v) is 10.4. The quantitative estimate of drug-likeness (QED) is 0.711. The predicted octanol–water partition coefficient (Wildman–Crippen LogP) is -0.276. The normalized spacial score (nSPS) is 33.5. The lowest BCUT2D eigenvalue weighted by Gasteiger charge is -2.41. The minimum atomic E-state index is -0.620. The number of carbonyl (C=O) groups excluding carboxylic acids is 1. The van der Waals surface area contributed by atoms with Crippen LogP contribution in [0.15, 0.2) is 0 Å². The van der Waals surface area contributed by atoms with Crippen molar-refractivity contribution in [1.82, 2.24) is 4.90 Å². The number of aliphatic hydroxyl groups excluding tert-OH is 1. The molecule has 2 aliphatic rings. The molecule has 1 heterocycles. The third kappa shape index (κ3) is 2.19. The molecule has 1 aliphatic heterocycles. The molecule has 2 unspecified atom stereocenters. The molecule has 0 spiro atoms. The Kier molecular flexibility index (Phi) is 3.70. The number of nitrogens with zero attached hydrogens (tertiary/aromatic N) is 1. The maximum atomic E-state index is 12.6. The lowest BCUT2D eigenvalue weighted by molar-refractivity contribution is -0.146. The molecule has 5 heteroatoms. The minimum Gasteiger partial charge on any atom is -0.395 e. The van der Waals surface area contributed by atoms with Crippen molar-refractivity contribution in [2.45, 2.75) is 38.3 Å². The fraction of sp³-hybridized carbons (Fsp3) is 0.917. The van der Waals surface area contributed by atoms with Crippen molar-refractivity contribution in [3.05, 3.63) is 0 Å². The van der Waals surface area contributed by atoms with Crippen LogP contribution in [0.5, 0.6) is 0 Å². The van der Waals surface area contributed by atoms with Crippen molar-refractivity contribution in [2.24, 2.45) is 11.1 Å².